The summed E-state index contributed by atoms with van der Waals surface area (Å²) in [6.45, 7) is 0.955. The number of hydrogen-bond donors (Lipinski definition) is 2. The van der Waals surface area contributed by atoms with Gasteiger partial charge in [-0.05, 0) is 0 Å². The van der Waals surface area contributed by atoms with E-state index in [1.165, 1.54) is 17.2 Å². The largest absolute Gasteiger partial charge is 0.375 e. The second-order valence-corrected chi connectivity index (χ2v) is 3.38. The molecule has 0 amide bonds. The predicted molar refractivity (Wildman–Crippen MR) is 40.3 cm³/mol. The highest BCUT2D eigenvalue weighted by molar-refractivity contribution is 7.99. The Balaban J connectivity index is 2.16. The van der Waals surface area contributed by atoms with Gasteiger partial charge < -0.3 is 5.32 Å². The first kappa shape index (κ1) is 5.62. The van der Waals surface area contributed by atoms with E-state index in [-0.39, 0.29) is 0 Å². The average Bonchev–Trinajstić information content (AvgIpc) is 2.33. The highest BCUT2D eigenvalue weighted by Crippen LogP contribution is 2.17. The molecule has 0 aromatic carbocycles. The van der Waals surface area contributed by atoms with Crippen LogP contribution in [0.3, 0.4) is 0 Å². The Morgan fingerprint density at radius 1 is 1.67 bits per heavy atom. The van der Waals surface area contributed by atoms with Crippen LogP contribution >= 0.6 is 11.8 Å². The van der Waals surface area contributed by atoms with Crippen LogP contribution in [-0.2, 0) is 0 Å². The smallest absolute Gasteiger partial charge is 0.0656 e. The highest BCUT2D eigenvalue weighted by atomic mass is 32.2. The minimum Gasteiger partial charge on any atom is -0.375 e. The van der Waals surface area contributed by atoms with Gasteiger partial charge in [0.2, 0.25) is 0 Å². The normalized spacial score (nSPS) is 32.9. The highest BCUT2D eigenvalue weighted by Gasteiger charge is 2.21. The van der Waals surface area contributed by atoms with E-state index in [1.54, 1.807) is 0 Å². The van der Waals surface area contributed by atoms with Gasteiger partial charge in [0, 0.05) is 17.2 Å². The van der Waals surface area contributed by atoms with Crippen molar-refractivity contribution in [1.29, 1.82) is 0 Å². The molecule has 2 aliphatic heterocycles. The lowest BCUT2D eigenvalue weighted by Crippen LogP contribution is -2.27. The Morgan fingerprint density at radius 3 is 3.56 bits per heavy atom. The fourth-order valence-corrected chi connectivity index (χ4v) is 2.17. The molecule has 3 heteroatoms. The van der Waals surface area contributed by atoms with Crippen molar-refractivity contribution in [3.05, 3.63) is 11.8 Å². The van der Waals surface area contributed by atoms with Gasteiger partial charge in [-0.2, -0.15) is 11.8 Å². The van der Waals surface area contributed by atoms with Crippen LogP contribution in [0.25, 0.3) is 0 Å². The molecule has 2 rings (SSSR count). The van der Waals surface area contributed by atoms with Gasteiger partial charge in [0.05, 0.1) is 12.7 Å². The molecule has 1 saturated heterocycles. The van der Waals surface area contributed by atoms with E-state index in [0.717, 1.165) is 6.67 Å². The van der Waals surface area contributed by atoms with Crippen molar-refractivity contribution in [2.75, 3.05) is 18.2 Å². The molecule has 2 nitrogen and oxygen atoms in total. The Labute approximate surface area is 59.1 Å². The second-order valence-electron chi connectivity index (χ2n) is 2.31. The predicted octanol–water partition coefficient (Wildman–Crippen LogP) is 0.136. The first-order valence-electron chi connectivity index (χ1n) is 3.22. The van der Waals surface area contributed by atoms with Crippen molar-refractivity contribution in [3.63, 3.8) is 0 Å². The maximum Gasteiger partial charge on any atom is 0.0656 e. The Bertz CT molecular complexity index is 144. The van der Waals surface area contributed by atoms with Gasteiger partial charge in [0.1, 0.15) is 0 Å². The molecule has 0 aromatic heterocycles. The van der Waals surface area contributed by atoms with E-state index in [9.17, 15) is 0 Å². The molecule has 0 aromatic rings. The summed E-state index contributed by atoms with van der Waals surface area (Å²) in [5, 5.41) is 6.65. The van der Waals surface area contributed by atoms with E-state index in [0.29, 0.717) is 6.04 Å². The van der Waals surface area contributed by atoms with Crippen LogP contribution in [0.5, 0.6) is 0 Å². The number of nitrogens with one attached hydrogen (secondary N) is 2. The molecule has 0 saturated carbocycles. The van der Waals surface area contributed by atoms with Gasteiger partial charge in [0.25, 0.3) is 0 Å². The minimum atomic E-state index is 0.628. The summed E-state index contributed by atoms with van der Waals surface area (Å²) in [4.78, 5) is 0. The van der Waals surface area contributed by atoms with Crippen LogP contribution in [0.1, 0.15) is 0 Å². The van der Waals surface area contributed by atoms with Crippen LogP contribution in [0.4, 0.5) is 0 Å². The lowest BCUT2D eigenvalue weighted by Gasteiger charge is -2.14. The molecule has 0 spiro atoms. The maximum atomic E-state index is 3.36. The van der Waals surface area contributed by atoms with Gasteiger partial charge in [-0.3, -0.25) is 5.32 Å². The zero-order valence-corrected chi connectivity index (χ0v) is 6.00. The van der Waals surface area contributed by atoms with E-state index in [2.05, 4.69) is 16.7 Å². The molecule has 0 radical (unpaired) electrons. The molecule has 0 aliphatic carbocycles. The third-order valence-electron chi connectivity index (χ3n) is 1.72. The van der Waals surface area contributed by atoms with Gasteiger partial charge in [-0.15, -0.1) is 0 Å². The molecular formula is C6H10N2S. The number of fused-ring (bicyclic) bond motifs is 1. The molecule has 2 heterocycles. The molecule has 1 atom stereocenters. The van der Waals surface area contributed by atoms with Crippen LogP contribution in [0.2, 0.25) is 0 Å². The summed E-state index contributed by atoms with van der Waals surface area (Å²) < 4.78 is 0. The van der Waals surface area contributed by atoms with Crippen LogP contribution < -0.4 is 10.6 Å². The van der Waals surface area contributed by atoms with E-state index < -0.39 is 0 Å². The second kappa shape index (κ2) is 2.23. The fourth-order valence-electron chi connectivity index (χ4n) is 1.21. The minimum absolute atomic E-state index is 0.628. The van der Waals surface area contributed by atoms with Crippen molar-refractivity contribution in [1.82, 2.24) is 10.6 Å². The molecule has 2 aliphatic rings. The first-order chi connectivity index (χ1) is 4.47. The van der Waals surface area contributed by atoms with Crippen molar-refractivity contribution in [3.8, 4) is 0 Å². The number of rotatable bonds is 0. The number of hydrogen-bond acceptors (Lipinski definition) is 3. The molecule has 1 unspecified atom stereocenters. The quantitative estimate of drug-likeness (QED) is 0.503. The lowest BCUT2D eigenvalue weighted by atomic mass is 10.2. The molecule has 2 N–H and O–H groups in total. The monoisotopic (exact) mass is 142 g/mol. The zero-order chi connectivity index (χ0) is 6.10. The van der Waals surface area contributed by atoms with Crippen molar-refractivity contribution < 1.29 is 0 Å². The third-order valence-corrected chi connectivity index (χ3v) is 2.69. The van der Waals surface area contributed by atoms with Crippen LogP contribution in [0.15, 0.2) is 11.8 Å². The topological polar surface area (TPSA) is 24.1 Å². The SMILES string of the molecule is C1=C2NCNC2CSC1. The summed E-state index contributed by atoms with van der Waals surface area (Å²) >= 11 is 1.99. The molecule has 1 fully saturated rings. The van der Waals surface area contributed by atoms with Gasteiger partial charge in [-0.1, -0.05) is 6.08 Å². The van der Waals surface area contributed by atoms with E-state index in [1.807, 2.05) is 11.8 Å². The molecule has 9 heavy (non-hydrogen) atoms. The summed E-state index contributed by atoms with van der Waals surface area (Å²) in [5.41, 5.74) is 1.41. The Morgan fingerprint density at radius 2 is 2.67 bits per heavy atom. The van der Waals surface area contributed by atoms with Gasteiger partial charge >= 0.3 is 0 Å². The Hall–Kier alpha value is -0.150. The number of thioether (sulfide) groups is 1. The third kappa shape index (κ3) is 0.946. The average molecular weight is 142 g/mol. The van der Waals surface area contributed by atoms with Crippen molar-refractivity contribution >= 4 is 11.8 Å². The van der Waals surface area contributed by atoms with Gasteiger partial charge in [-0.25, -0.2) is 0 Å². The summed E-state index contributed by atoms with van der Waals surface area (Å²) in [6.07, 6.45) is 2.28. The summed E-state index contributed by atoms with van der Waals surface area (Å²) in [5.74, 6) is 2.42. The van der Waals surface area contributed by atoms with Crippen LogP contribution in [0, 0.1) is 0 Å². The Kier molecular flexibility index (Phi) is 1.39. The van der Waals surface area contributed by atoms with Gasteiger partial charge in [0.15, 0.2) is 0 Å². The maximum absolute atomic E-state index is 3.36. The van der Waals surface area contributed by atoms with Crippen molar-refractivity contribution in [2.24, 2.45) is 0 Å². The molecule has 0 bridgehead atoms. The molecular weight excluding hydrogens is 132 g/mol. The standard InChI is InChI=1S/C6H10N2S/c1-2-9-3-6-5(1)7-4-8-6/h1,6-8H,2-4H2. The first-order valence-corrected chi connectivity index (χ1v) is 4.37. The summed E-state index contributed by atoms with van der Waals surface area (Å²) in [6, 6.07) is 0.628. The lowest BCUT2D eigenvalue weighted by molar-refractivity contribution is 0.719. The van der Waals surface area contributed by atoms with E-state index in [4.69, 9.17) is 0 Å². The summed E-state index contributed by atoms with van der Waals surface area (Å²) in [7, 11) is 0. The zero-order valence-electron chi connectivity index (χ0n) is 5.18. The van der Waals surface area contributed by atoms with E-state index >= 15 is 0 Å². The van der Waals surface area contributed by atoms with Crippen LogP contribution in [-0.4, -0.2) is 24.2 Å². The molecule has 50 valence electrons. The van der Waals surface area contributed by atoms with Crippen molar-refractivity contribution in [2.45, 2.75) is 6.04 Å². The fraction of sp³-hybridized carbons (Fsp3) is 0.667.